The van der Waals surface area contributed by atoms with Gasteiger partial charge in [0.1, 0.15) is 29.4 Å². The van der Waals surface area contributed by atoms with Crippen LogP contribution in [0.1, 0.15) is 101 Å². The molecule has 2 bridgehead atoms. The molecule has 18 nitrogen and oxygen atoms in total. The number of hydrogen-bond donors (Lipinski definition) is 2. The Balaban J connectivity index is 1.68. The van der Waals surface area contributed by atoms with Gasteiger partial charge in [-0.15, -0.1) is 0 Å². The first-order valence-corrected chi connectivity index (χ1v) is 22.1. The second-order valence-electron chi connectivity index (χ2n) is 17.9. The van der Waals surface area contributed by atoms with Crippen LogP contribution in [0.15, 0.2) is 51.5 Å². The molecule has 1 fully saturated rings. The van der Waals surface area contributed by atoms with Crippen molar-refractivity contribution >= 4 is 29.3 Å². The van der Waals surface area contributed by atoms with Crippen molar-refractivity contribution < 1.29 is 62.1 Å². The number of nitrogens with one attached hydrogen (secondary N) is 1. The standard InChI is InChI=1S/C46H67N5O13/c1-13-36-46(10,56)42-27(5)38(49-37(53)14-2)25(3)20-45(9,58-23-33(22-57-42)50-59-24-32-16-15-31(21-47-32)35-17-18-48-64-35)41(28(6)39(54)29(7)43(55)62-36)63-44-40(61-30(8)52)34(51(11)12)19-26(4)60-44/h15-18,21,25-26,28-29,34,36,40-42,44,56H,13-14,19-20,22-24H2,1-12H3,(H,49,53)/b38-27+,50-33?/t25-,26-,28+,29-,34+,36-,40-,41-,42-,44+,45-,46-/m1/s1. The molecule has 0 unspecified atom stereocenters. The van der Waals surface area contributed by atoms with E-state index in [1.807, 2.05) is 38.9 Å². The Hall–Kier alpha value is -4.59. The van der Waals surface area contributed by atoms with Crippen LogP contribution in [0.4, 0.5) is 0 Å². The van der Waals surface area contributed by atoms with Crippen LogP contribution in [0, 0.1) is 17.8 Å². The molecule has 1 saturated heterocycles. The van der Waals surface area contributed by atoms with Crippen molar-refractivity contribution in [3.8, 4) is 11.3 Å². The highest BCUT2D eigenvalue weighted by Crippen LogP contribution is 2.41. The predicted molar refractivity (Wildman–Crippen MR) is 232 cm³/mol. The van der Waals surface area contributed by atoms with E-state index < -0.39 is 77.4 Å². The molecule has 2 aromatic rings. The molecule has 354 valence electrons. The maximum atomic E-state index is 14.7. The van der Waals surface area contributed by atoms with E-state index in [0.29, 0.717) is 29.1 Å². The average Bonchev–Trinajstić information content (AvgIpc) is 3.79. The number of Topliss-reactive ketones (excluding diaryl/α,β-unsaturated/α-hetero) is 1. The Morgan fingerprint density at radius 3 is 2.42 bits per heavy atom. The Morgan fingerprint density at radius 2 is 1.81 bits per heavy atom. The number of carbonyl (C=O) groups is 4. The van der Waals surface area contributed by atoms with Crippen molar-refractivity contribution in [1.82, 2.24) is 20.4 Å². The van der Waals surface area contributed by atoms with Crippen molar-refractivity contribution in [3.63, 3.8) is 0 Å². The van der Waals surface area contributed by atoms with E-state index in [1.165, 1.54) is 20.8 Å². The van der Waals surface area contributed by atoms with Crippen molar-refractivity contribution in [2.75, 3.05) is 27.3 Å². The first-order chi connectivity index (χ1) is 30.2. The molecule has 2 N–H and O–H groups in total. The highest BCUT2D eigenvalue weighted by Gasteiger charge is 2.52. The van der Waals surface area contributed by atoms with Gasteiger partial charge in [-0.1, -0.05) is 38.0 Å². The number of esters is 2. The minimum Gasteiger partial charge on any atom is -0.459 e. The molecule has 2 aromatic heterocycles. The number of rotatable bonds is 11. The predicted octanol–water partition coefficient (Wildman–Crippen LogP) is 4.92. The second kappa shape index (κ2) is 21.6. The second-order valence-corrected chi connectivity index (χ2v) is 17.9. The number of ketones is 1. The lowest BCUT2D eigenvalue weighted by Crippen LogP contribution is -2.60. The molecule has 5 rings (SSSR count). The van der Waals surface area contributed by atoms with Crippen LogP contribution in [-0.4, -0.2) is 131 Å². The zero-order valence-electron chi connectivity index (χ0n) is 39.2. The van der Waals surface area contributed by atoms with Crippen molar-refractivity contribution in [2.24, 2.45) is 22.9 Å². The van der Waals surface area contributed by atoms with Crippen molar-refractivity contribution in [3.05, 3.63) is 47.6 Å². The van der Waals surface area contributed by atoms with Crippen LogP contribution < -0.4 is 5.32 Å². The molecule has 0 radical (unpaired) electrons. The molecule has 12 atom stereocenters. The number of ether oxygens (including phenoxy) is 6. The molecule has 18 heteroatoms. The van der Waals surface area contributed by atoms with Gasteiger partial charge in [0.25, 0.3) is 0 Å². The van der Waals surface area contributed by atoms with E-state index in [-0.39, 0.29) is 62.8 Å². The van der Waals surface area contributed by atoms with E-state index >= 15 is 0 Å². The number of nitrogens with zero attached hydrogens (tertiary/aromatic N) is 4. The zero-order valence-corrected chi connectivity index (χ0v) is 39.2. The number of allylic oxidation sites excluding steroid dienone is 1. The Labute approximate surface area is 375 Å². The lowest BCUT2D eigenvalue weighted by Gasteiger charge is -2.48. The van der Waals surface area contributed by atoms with Gasteiger partial charge in [0.15, 0.2) is 30.5 Å². The summed E-state index contributed by atoms with van der Waals surface area (Å²) in [6.07, 6.45) is -1.88. The average molecular weight is 898 g/mol. The van der Waals surface area contributed by atoms with E-state index in [9.17, 15) is 24.3 Å². The van der Waals surface area contributed by atoms with Crippen LogP contribution >= 0.6 is 0 Å². The van der Waals surface area contributed by atoms with Crippen LogP contribution in [0.3, 0.4) is 0 Å². The summed E-state index contributed by atoms with van der Waals surface area (Å²) in [5.74, 6) is -4.56. The quantitative estimate of drug-likeness (QED) is 0.174. The lowest BCUT2D eigenvalue weighted by molar-refractivity contribution is -0.298. The van der Waals surface area contributed by atoms with E-state index in [2.05, 4.69) is 20.6 Å². The number of likely N-dealkylation sites (N-methyl/N-ethyl adjacent to an activating group) is 1. The fraction of sp³-hybridized carbons (Fsp3) is 0.674. The van der Waals surface area contributed by atoms with Gasteiger partial charge in [0.2, 0.25) is 5.91 Å². The third-order valence-electron chi connectivity index (χ3n) is 12.5. The first-order valence-electron chi connectivity index (χ1n) is 22.1. The van der Waals surface area contributed by atoms with Gasteiger partial charge in [-0.25, -0.2) is 0 Å². The maximum absolute atomic E-state index is 14.7. The number of aliphatic hydroxyl groups is 1. The summed E-state index contributed by atoms with van der Waals surface area (Å²) in [4.78, 5) is 66.9. The maximum Gasteiger partial charge on any atom is 0.316 e. The van der Waals surface area contributed by atoms with Crippen molar-refractivity contribution in [2.45, 2.75) is 156 Å². The lowest BCUT2D eigenvalue weighted by atomic mass is 9.76. The first kappa shape index (κ1) is 50.4. The van der Waals surface area contributed by atoms with Gasteiger partial charge in [-0.2, -0.15) is 0 Å². The van der Waals surface area contributed by atoms with Gasteiger partial charge in [0, 0.05) is 42.8 Å². The summed E-state index contributed by atoms with van der Waals surface area (Å²) in [5.41, 5.74) is -0.895. The third-order valence-corrected chi connectivity index (χ3v) is 12.5. The molecular weight excluding hydrogens is 831 g/mol. The summed E-state index contributed by atoms with van der Waals surface area (Å²) in [5, 5.41) is 23.8. The number of amides is 1. The molecule has 5 heterocycles. The van der Waals surface area contributed by atoms with E-state index in [4.69, 9.17) is 37.8 Å². The monoisotopic (exact) mass is 897 g/mol. The highest BCUT2D eigenvalue weighted by atomic mass is 16.7. The Bertz CT molecular complexity index is 1990. The van der Waals surface area contributed by atoms with Crippen molar-refractivity contribution in [1.29, 1.82) is 0 Å². The zero-order chi connectivity index (χ0) is 47.1. The highest BCUT2D eigenvalue weighted by molar-refractivity contribution is 6.00. The molecule has 3 aliphatic rings. The van der Waals surface area contributed by atoms with Crippen LogP contribution in [0.25, 0.3) is 11.3 Å². The minimum atomic E-state index is -1.90. The Kier molecular flexibility index (Phi) is 17.0. The van der Waals surface area contributed by atoms with Gasteiger partial charge in [-0.05, 0) is 91.6 Å². The number of aromatic nitrogens is 2. The third kappa shape index (κ3) is 11.8. The number of hydrogen-bond acceptors (Lipinski definition) is 17. The van der Waals surface area contributed by atoms with E-state index in [1.54, 1.807) is 59.1 Å². The van der Waals surface area contributed by atoms with E-state index in [0.717, 1.165) is 5.56 Å². The van der Waals surface area contributed by atoms with Crippen LogP contribution in [0.2, 0.25) is 0 Å². The minimum absolute atomic E-state index is 0.0352. The summed E-state index contributed by atoms with van der Waals surface area (Å²) < 4.78 is 44.1. The largest absolute Gasteiger partial charge is 0.459 e. The normalized spacial score (nSPS) is 35.2. The molecule has 0 saturated carbocycles. The van der Waals surface area contributed by atoms with Gasteiger partial charge in [0.05, 0.1) is 49.0 Å². The number of cyclic esters (lactones) is 1. The molecule has 64 heavy (non-hydrogen) atoms. The number of oxime groups is 1. The SMILES string of the molecule is CCC(=O)N/C1=C(\C)[C@H]2OCC(=NOCc3ccc(-c4ccno4)cn3)CO[C@](C)(C[C@H]1C)[C@H](O[C@@H]1O[C@H](C)C[C@H](N(C)C)[C@H]1OC(C)=O)[C@@H](C)C(=O)[C@@H](C)C(=O)O[C@H](CC)[C@@]2(C)O. The summed E-state index contributed by atoms with van der Waals surface area (Å²) in [6.45, 7) is 16.2. The smallest absolute Gasteiger partial charge is 0.316 e. The molecule has 0 aromatic carbocycles. The number of pyridine rings is 1. The molecule has 0 spiro atoms. The van der Waals surface area contributed by atoms with Gasteiger partial charge >= 0.3 is 11.9 Å². The number of carbonyl (C=O) groups excluding carboxylic acids is 4. The molecule has 1 amide bonds. The van der Waals surface area contributed by atoms with Crippen LogP contribution in [0.5, 0.6) is 0 Å². The topological polar surface area (TPSA) is 220 Å². The fourth-order valence-corrected chi connectivity index (χ4v) is 9.00. The summed E-state index contributed by atoms with van der Waals surface area (Å²) in [6, 6.07) is 4.98. The number of fused-ring (bicyclic) bond motifs is 4. The fourth-order valence-electron chi connectivity index (χ4n) is 9.00. The molecule has 0 aliphatic carbocycles. The van der Waals surface area contributed by atoms with Gasteiger partial charge < -0.3 is 53.1 Å². The summed E-state index contributed by atoms with van der Waals surface area (Å²) in [7, 11) is 3.74. The molecule has 3 aliphatic heterocycles. The van der Waals surface area contributed by atoms with Gasteiger partial charge in [-0.3, -0.25) is 24.2 Å². The summed E-state index contributed by atoms with van der Waals surface area (Å²) >= 11 is 0. The Morgan fingerprint density at radius 1 is 1.08 bits per heavy atom. The molecular formula is C46H67N5O13. The van der Waals surface area contributed by atoms with Crippen LogP contribution in [-0.2, 0) is 59.0 Å².